The van der Waals surface area contributed by atoms with E-state index in [-0.39, 0.29) is 0 Å². The van der Waals surface area contributed by atoms with E-state index in [1.807, 2.05) is 52.0 Å². The number of nitrogens with zero attached hydrogens (tertiary/aromatic N) is 2. The molecule has 2 aromatic carbocycles. The molecule has 0 aliphatic heterocycles. The van der Waals surface area contributed by atoms with Crippen LogP contribution in [0.2, 0.25) is 0 Å². The molecule has 0 fully saturated rings. The lowest BCUT2D eigenvalue weighted by Crippen LogP contribution is -2.10. The van der Waals surface area contributed by atoms with Crippen LogP contribution in [0.15, 0.2) is 33.3 Å². The minimum absolute atomic E-state index is 0.423. The Hall–Kier alpha value is -3.02. The maximum atomic E-state index is 5.86. The highest BCUT2D eigenvalue weighted by Crippen LogP contribution is 2.30. The molecule has 0 aliphatic rings. The molecule has 0 atom stereocenters. The third kappa shape index (κ3) is 2.67. The number of hydrogen-bond acceptors (Lipinski definition) is 6. The van der Waals surface area contributed by atoms with Crippen molar-refractivity contribution in [3.63, 3.8) is 0 Å². The van der Waals surface area contributed by atoms with Crippen LogP contribution < -0.4 is 9.47 Å². The SMILES string of the molecule is Cc1noc2c(C)c(OCCOc3ccc4c(C)noc4c3C)ccc12. The quantitative estimate of drug-likeness (QED) is 0.487. The van der Waals surface area contributed by atoms with Crippen molar-refractivity contribution in [3.8, 4) is 11.5 Å². The highest BCUT2D eigenvalue weighted by molar-refractivity contribution is 5.84. The number of benzene rings is 2. The van der Waals surface area contributed by atoms with Gasteiger partial charge in [0.25, 0.3) is 0 Å². The summed E-state index contributed by atoms with van der Waals surface area (Å²) in [6.07, 6.45) is 0. The minimum Gasteiger partial charge on any atom is -0.490 e. The average molecular weight is 352 g/mol. The number of aryl methyl sites for hydroxylation is 4. The highest BCUT2D eigenvalue weighted by Gasteiger charge is 2.13. The van der Waals surface area contributed by atoms with E-state index in [1.54, 1.807) is 0 Å². The predicted octanol–water partition coefficient (Wildman–Crippen LogP) is 4.66. The van der Waals surface area contributed by atoms with E-state index in [9.17, 15) is 0 Å². The van der Waals surface area contributed by atoms with E-state index in [4.69, 9.17) is 18.5 Å². The van der Waals surface area contributed by atoms with Crippen LogP contribution in [0.25, 0.3) is 21.9 Å². The first-order chi connectivity index (χ1) is 12.6. The van der Waals surface area contributed by atoms with Crippen LogP contribution in [0.1, 0.15) is 22.5 Å². The van der Waals surface area contributed by atoms with Crippen molar-refractivity contribution in [2.75, 3.05) is 13.2 Å². The summed E-state index contributed by atoms with van der Waals surface area (Å²) >= 11 is 0. The van der Waals surface area contributed by atoms with Gasteiger partial charge in [-0.2, -0.15) is 0 Å². The van der Waals surface area contributed by atoms with Gasteiger partial charge in [-0.05, 0) is 52.0 Å². The molecule has 0 N–H and O–H groups in total. The van der Waals surface area contributed by atoms with Gasteiger partial charge in [-0.3, -0.25) is 0 Å². The molecule has 6 nitrogen and oxygen atoms in total. The number of aromatic nitrogens is 2. The van der Waals surface area contributed by atoms with Gasteiger partial charge in [-0.25, -0.2) is 0 Å². The molecule has 0 unspecified atom stereocenters. The van der Waals surface area contributed by atoms with Gasteiger partial charge in [0.1, 0.15) is 24.7 Å². The van der Waals surface area contributed by atoms with Crippen molar-refractivity contribution in [3.05, 3.63) is 46.8 Å². The highest BCUT2D eigenvalue weighted by atomic mass is 16.5. The monoisotopic (exact) mass is 352 g/mol. The molecule has 134 valence electrons. The van der Waals surface area contributed by atoms with Crippen molar-refractivity contribution >= 4 is 21.9 Å². The number of fused-ring (bicyclic) bond motifs is 2. The van der Waals surface area contributed by atoms with Crippen molar-refractivity contribution in [2.45, 2.75) is 27.7 Å². The number of ether oxygens (including phenoxy) is 2. The molecular formula is C20H20N2O4. The summed E-state index contributed by atoms with van der Waals surface area (Å²) in [5.41, 5.74) is 5.18. The van der Waals surface area contributed by atoms with E-state index in [1.165, 1.54) is 0 Å². The molecule has 0 radical (unpaired) electrons. The zero-order valence-corrected chi connectivity index (χ0v) is 15.3. The topological polar surface area (TPSA) is 70.5 Å². The van der Waals surface area contributed by atoms with Crippen molar-refractivity contribution < 1.29 is 18.5 Å². The normalized spacial score (nSPS) is 11.4. The fourth-order valence-corrected chi connectivity index (χ4v) is 3.09. The molecule has 2 aromatic heterocycles. The standard InChI is InChI=1S/C20H20N2O4/c1-11-17(7-5-15-13(3)21-25-19(11)15)23-9-10-24-18-8-6-16-14(4)22-26-20(16)12(18)2/h5-8H,9-10H2,1-4H3. The Kier molecular flexibility index (Phi) is 4.03. The molecule has 2 heterocycles. The van der Waals surface area contributed by atoms with Gasteiger partial charge >= 0.3 is 0 Å². The minimum atomic E-state index is 0.423. The fraction of sp³-hybridized carbons (Fsp3) is 0.300. The second kappa shape index (κ2) is 6.37. The van der Waals surface area contributed by atoms with Gasteiger partial charge in [0, 0.05) is 21.9 Å². The van der Waals surface area contributed by atoms with E-state index in [0.29, 0.717) is 13.2 Å². The predicted molar refractivity (Wildman–Crippen MR) is 98.0 cm³/mol. The van der Waals surface area contributed by atoms with E-state index >= 15 is 0 Å². The van der Waals surface area contributed by atoms with Gasteiger partial charge in [-0.15, -0.1) is 0 Å². The second-order valence-electron chi connectivity index (χ2n) is 6.36. The fourth-order valence-electron chi connectivity index (χ4n) is 3.09. The number of hydrogen-bond donors (Lipinski definition) is 0. The van der Waals surface area contributed by atoms with Gasteiger partial charge in [0.15, 0.2) is 11.2 Å². The largest absolute Gasteiger partial charge is 0.490 e. The Balaban J connectivity index is 1.43. The second-order valence-corrected chi connectivity index (χ2v) is 6.36. The third-order valence-electron chi connectivity index (χ3n) is 4.64. The van der Waals surface area contributed by atoms with Crippen molar-refractivity contribution in [1.29, 1.82) is 0 Å². The van der Waals surface area contributed by atoms with Crippen LogP contribution in [-0.4, -0.2) is 23.5 Å². The van der Waals surface area contributed by atoms with Crippen molar-refractivity contribution in [1.82, 2.24) is 10.3 Å². The van der Waals surface area contributed by atoms with Crippen molar-refractivity contribution in [2.24, 2.45) is 0 Å². The summed E-state index contributed by atoms with van der Waals surface area (Å²) in [5.74, 6) is 1.55. The Morgan fingerprint density at radius 3 is 1.54 bits per heavy atom. The molecule has 0 aliphatic carbocycles. The Morgan fingerprint density at radius 2 is 1.12 bits per heavy atom. The number of rotatable bonds is 5. The maximum Gasteiger partial charge on any atom is 0.173 e. The first kappa shape index (κ1) is 16.4. The summed E-state index contributed by atoms with van der Waals surface area (Å²) in [6, 6.07) is 7.82. The van der Waals surface area contributed by atoms with E-state index in [2.05, 4.69) is 10.3 Å². The Morgan fingerprint density at radius 1 is 0.692 bits per heavy atom. The molecule has 0 bridgehead atoms. The third-order valence-corrected chi connectivity index (χ3v) is 4.64. The van der Waals surface area contributed by atoms with E-state index in [0.717, 1.165) is 56.0 Å². The molecule has 4 rings (SSSR count). The molecule has 4 aromatic rings. The lowest BCUT2D eigenvalue weighted by Gasteiger charge is -2.11. The smallest absolute Gasteiger partial charge is 0.173 e. The van der Waals surface area contributed by atoms with Crippen LogP contribution in [0.3, 0.4) is 0 Å². The zero-order valence-electron chi connectivity index (χ0n) is 15.3. The Labute approximate surface area is 150 Å². The van der Waals surface area contributed by atoms with Crippen LogP contribution >= 0.6 is 0 Å². The Bertz CT molecular complexity index is 1010. The van der Waals surface area contributed by atoms with Gasteiger partial charge in [-0.1, -0.05) is 10.3 Å². The van der Waals surface area contributed by atoms with Gasteiger partial charge in [0.2, 0.25) is 0 Å². The van der Waals surface area contributed by atoms with Crippen LogP contribution in [0, 0.1) is 27.7 Å². The van der Waals surface area contributed by atoms with Gasteiger partial charge in [0.05, 0.1) is 11.4 Å². The van der Waals surface area contributed by atoms with Gasteiger partial charge < -0.3 is 18.5 Å². The molecule has 26 heavy (non-hydrogen) atoms. The van der Waals surface area contributed by atoms with Crippen LogP contribution in [-0.2, 0) is 0 Å². The van der Waals surface area contributed by atoms with E-state index < -0.39 is 0 Å². The van der Waals surface area contributed by atoms with Crippen LogP contribution in [0.4, 0.5) is 0 Å². The molecule has 6 heteroatoms. The summed E-state index contributed by atoms with van der Waals surface area (Å²) in [6.45, 7) is 8.63. The lowest BCUT2D eigenvalue weighted by molar-refractivity contribution is 0.215. The molecule has 0 amide bonds. The summed E-state index contributed by atoms with van der Waals surface area (Å²) in [7, 11) is 0. The summed E-state index contributed by atoms with van der Waals surface area (Å²) in [4.78, 5) is 0. The lowest BCUT2D eigenvalue weighted by atomic mass is 10.1. The molecule has 0 saturated heterocycles. The molecule has 0 saturated carbocycles. The zero-order chi connectivity index (χ0) is 18.3. The first-order valence-corrected chi connectivity index (χ1v) is 8.53. The first-order valence-electron chi connectivity index (χ1n) is 8.53. The van der Waals surface area contributed by atoms with Crippen LogP contribution in [0.5, 0.6) is 11.5 Å². The average Bonchev–Trinajstić information content (AvgIpc) is 3.19. The molecular weight excluding hydrogens is 332 g/mol. The maximum absolute atomic E-state index is 5.86. The summed E-state index contributed by atoms with van der Waals surface area (Å²) < 4.78 is 22.5. The molecule has 0 spiro atoms. The summed E-state index contributed by atoms with van der Waals surface area (Å²) in [5, 5.41) is 10.0.